The molecule has 1 amide bonds. The fourth-order valence-corrected chi connectivity index (χ4v) is 6.14. The molecule has 0 saturated carbocycles. The number of carbonyl (C=O) groups is 2. The van der Waals surface area contributed by atoms with E-state index in [2.05, 4.69) is 0 Å². The number of aliphatic carboxylic acids is 1. The van der Waals surface area contributed by atoms with Gasteiger partial charge in [-0.3, -0.25) is 9.59 Å². The zero-order valence-corrected chi connectivity index (χ0v) is 20.0. The maximum absolute atomic E-state index is 13.4. The molecule has 2 aliphatic rings. The van der Waals surface area contributed by atoms with Crippen LogP contribution in [0.25, 0.3) is 22.6 Å². The summed E-state index contributed by atoms with van der Waals surface area (Å²) in [4.78, 5) is 26.5. The highest BCUT2D eigenvalue weighted by Gasteiger charge is 2.34. The van der Waals surface area contributed by atoms with Gasteiger partial charge in [0.25, 0.3) is 5.91 Å². The van der Waals surface area contributed by atoms with Gasteiger partial charge in [0.15, 0.2) is 0 Å². The topological polar surface area (TPSA) is 109 Å². The first-order chi connectivity index (χ1) is 16.8. The molecule has 0 unspecified atom stereocenters. The van der Waals surface area contributed by atoms with Crippen LogP contribution in [-0.4, -0.2) is 67.1 Å². The number of carboxylic acids is 1. The van der Waals surface area contributed by atoms with Crippen LogP contribution in [0.5, 0.6) is 0 Å². The predicted molar refractivity (Wildman–Crippen MR) is 131 cm³/mol. The van der Waals surface area contributed by atoms with Crippen molar-refractivity contribution in [3.8, 4) is 0 Å². The Morgan fingerprint density at radius 2 is 1.89 bits per heavy atom. The molecule has 3 aromatic rings. The molecule has 0 spiro atoms. The molecule has 1 saturated heterocycles. The second-order valence-electron chi connectivity index (χ2n) is 8.43. The van der Waals surface area contributed by atoms with Gasteiger partial charge in [-0.25, -0.2) is 8.42 Å². The number of morpholine rings is 1. The Morgan fingerprint density at radius 3 is 2.60 bits per heavy atom. The van der Waals surface area contributed by atoms with Crippen LogP contribution in [0.15, 0.2) is 53.6 Å². The first kappa shape index (κ1) is 23.3. The van der Waals surface area contributed by atoms with Gasteiger partial charge in [0, 0.05) is 53.4 Å². The van der Waals surface area contributed by atoms with Crippen molar-refractivity contribution < 1.29 is 27.9 Å². The molecule has 5 rings (SSSR count). The SMILES string of the molecule is CCN1C(=O)/C(=C\c2cn(CC(=O)O)c3ccccc23)c2cc(S(=O)(=O)N3CCOCC3)ccc21. The standard InChI is InChI=1S/C25H25N3O6S/c1-2-28-23-8-7-18(35(32,33)27-9-11-34-12-10-27)14-20(23)21(25(28)31)13-17-15-26(16-24(29)30)22-6-4-3-5-19(17)22/h3-8,13-15H,2,9-12,16H2,1H3,(H,29,30)/b21-13-. The van der Waals surface area contributed by atoms with Gasteiger partial charge >= 0.3 is 5.97 Å². The van der Waals surface area contributed by atoms with E-state index in [0.717, 1.165) is 10.9 Å². The third-order valence-corrected chi connectivity index (χ3v) is 8.27. The Hall–Kier alpha value is -3.47. The lowest BCUT2D eigenvalue weighted by Crippen LogP contribution is -2.40. The van der Waals surface area contributed by atoms with Gasteiger partial charge in [-0.1, -0.05) is 18.2 Å². The molecule has 2 aliphatic heterocycles. The molecule has 2 aromatic carbocycles. The van der Waals surface area contributed by atoms with Gasteiger partial charge in [-0.2, -0.15) is 4.31 Å². The molecule has 35 heavy (non-hydrogen) atoms. The molecular formula is C25H25N3O6S. The zero-order valence-electron chi connectivity index (χ0n) is 19.2. The van der Waals surface area contributed by atoms with E-state index in [1.165, 1.54) is 4.31 Å². The highest BCUT2D eigenvalue weighted by Crippen LogP contribution is 2.40. The lowest BCUT2D eigenvalue weighted by atomic mass is 10.0. The largest absolute Gasteiger partial charge is 0.480 e. The zero-order chi connectivity index (χ0) is 24.7. The van der Waals surface area contributed by atoms with Crippen molar-refractivity contribution in [2.45, 2.75) is 18.4 Å². The van der Waals surface area contributed by atoms with Gasteiger partial charge in [0.2, 0.25) is 10.0 Å². The summed E-state index contributed by atoms with van der Waals surface area (Å²) in [5.74, 6) is -1.19. The summed E-state index contributed by atoms with van der Waals surface area (Å²) in [5.41, 5.74) is 3.00. The normalized spacial score (nSPS) is 17.9. The summed E-state index contributed by atoms with van der Waals surface area (Å²) in [6.45, 7) is 3.34. The maximum atomic E-state index is 13.4. The van der Waals surface area contributed by atoms with E-state index in [-0.39, 0.29) is 30.4 Å². The lowest BCUT2D eigenvalue weighted by molar-refractivity contribution is -0.137. The lowest BCUT2D eigenvalue weighted by Gasteiger charge is -2.26. The number of benzene rings is 2. The van der Waals surface area contributed by atoms with Gasteiger partial charge < -0.3 is 19.3 Å². The number of hydrogen-bond acceptors (Lipinski definition) is 5. The minimum absolute atomic E-state index is 0.128. The minimum Gasteiger partial charge on any atom is -0.480 e. The summed E-state index contributed by atoms with van der Waals surface area (Å²) in [7, 11) is -3.74. The number of ether oxygens (including phenoxy) is 1. The first-order valence-corrected chi connectivity index (χ1v) is 12.8. The molecule has 0 radical (unpaired) electrons. The average Bonchev–Trinajstić information content (AvgIpc) is 3.33. The molecule has 0 aliphatic carbocycles. The molecule has 1 fully saturated rings. The summed E-state index contributed by atoms with van der Waals surface area (Å²) >= 11 is 0. The molecule has 10 heteroatoms. The second-order valence-corrected chi connectivity index (χ2v) is 10.4. The number of aromatic nitrogens is 1. The van der Waals surface area contributed by atoms with Crippen molar-refractivity contribution in [3.05, 3.63) is 59.8 Å². The minimum atomic E-state index is -3.74. The van der Waals surface area contributed by atoms with Crippen LogP contribution in [0.4, 0.5) is 5.69 Å². The van der Waals surface area contributed by atoms with Gasteiger partial charge in [0.1, 0.15) is 6.54 Å². The Kier molecular flexibility index (Phi) is 5.96. The van der Waals surface area contributed by atoms with E-state index in [9.17, 15) is 23.1 Å². The summed E-state index contributed by atoms with van der Waals surface area (Å²) in [5, 5.41) is 10.1. The molecule has 9 nitrogen and oxygen atoms in total. The monoisotopic (exact) mass is 495 g/mol. The van der Waals surface area contributed by atoms with Crippen LogP contribution in [-0.2, 0) is 30.9 Å². The van der Waals surface area contributed by atoms with Gasteiger partial charge in [-0.15, -0.1) is 0 Å². The molecular weight excluding hydrogens is 470 g/mol. The van der Waals surface area contributed by atoms with Crippen LogP contribution < -0.4 is 4.90 Å². The van der Waals surface area contributed by atoms with Crippen molar-refractivity contribution >= 4 is 50.1 Å². The van der Waals surface area contributed by atoms with Crippen molar-refractivity contribution in [3.63, 3.8) is 0 Å². The second kappa shape index (κ2) is 8.95. The molecule has 0 atom stereocenters. The van der Waals surface area contributed by atoms with E-state index >= 15 is 0 Å². The fourth-order valence-electron chi connectivity index (χ4n) is 4.71. The average molecular weight is 496 g/mol. The van der Waals surface area contributed by atoms with Gasteiger partial charge in [-0.05, 0) is 37.3 Å². The van der Waals surface area contributed by atoms with Crippen LogP contribution in [0.2, 0.25) is 0 Å². The number of sulfonamides is 1. The van der Waals surface area contributed by atoms with E-state index in [1.807, 2.05) is 31.2 Å². The van der Waals surface area contributed by atoms with Crippen LogP contribution in [0.3, 0.4) is 0 Å². The number of amides is 1. The Labute approximate surface area is 202 Å². The number of nitrogens with zero attached hydrogens (tertiary/aromatic N) is 3. The molecule has 182 valence electrons. The highest BCUT2D eigenvalue weighted by molar-refractivity contribution is 7.89. The number of rotatable bonds is 6. The fraction of sp³-hybridized carbons (Fsp3) is 0.280. The number of likely N-dealkylation sites (N-methyl/N-ethyl adjacent to an activating group) is 1. The number of fused-ring (bicyclic) bond motifs is 2. The van der Waals surface area contributed by atoms with Gasteiger partial charge in [0.05, 0.1) is 23.8 Å². The Bertz CT molecular complexity index is 1470. The third kappa shape index (κ3) is 4.03. The van der Waals surface area contributed by atoms with Crippen molar-refractivity contribution in [2.24, 2.45) is 0 Å². The Balaban J connectivity index is 1.64. The summed E-state index contributed by atoms with van der Waals surface area (Å²) < 4.78 is 34.8. The van der Waals surface area contributed by atoms with E-state index in [4.69, 9.17) is 4.74 Å². The number of hydrogen-bond donors (Lipinski definition) is 1. The quantitative estimate of drug-likeness (QED) is 0.527. The van der Waals surface area contributed by atoms with E-state index in [1.54, 1.807) is 39.9 Å². The smallest absolute Gasteiger partial charge is 0.323 e. The Morgan fingerprint density at radius 1 is 1.14 bits per heavy atom. The first-order valence-electron chi connectivity index (χ1n) is 11.4. The van der Waals surface area contributed by atoms with Crippen molar-refractivity contribution in [1.82, 2.24) is 8.87 Å². The van der Waals surface area contributed by atoms with E-state index < -0.39 is 16.0 Å². The van der Waals surface area contributed by atoms with Crippen molar-refractivity contribution in [1.29, 1.82) is 0 Å². The number of anilines is 1. The predicted octanol–water partition coefficient (Wildman–Crippen LogP) is 2.65. The number of carboxylic acid groups (broad SMARTS) is 1. The van der Waals surface area contributed by atoms with Crippen LogP contribution in [0.1, 0.15) is 18.1 Å². The van der Waals surface area contributed by atoms with E-state index in [0.29, 0.717) is 42.1 Å². The molecule has 3 heterocycles. The van der Waals surface area contributed by atoms with Crippen LogP contribution in [0, 0.1) is 0 Å². The maximum Gasteiger partial charge on any atom is 0.323 e. The summed E-state index contributed by atoms with van der Waals surface area (Å²) in [6, 6.07) is 12.2. The van der Waals surface area contributed by atoms with Crippen molar-refractivity contribution in [2.75, 3.05) is 37.7 Å². The molecule has 1 N–H and O–H groups in total. The number of carbonyl (C=O) groups excluding carboxylic acids is 1. The van der Waals surface area contributed by atoms with Crippen LogP contribution >= 0.6 is 0 Å². The molecule has 0 bridgehead atoms. The number of para-hydroxylation sites is 1. The highest BCUT2D eigenvalue weighted by atomic mass is 32.2. The molecule has 1 aromatic heterocycles. The summed E-state index contributed by atoms with van der Waals surface area (Å²) in [6.07, 6.45) is 3.43. The third-order valence-electron chi connectivity index (χ3n) is 6.37.